The molecule has 0 fully saturated rings. The molecule has 1 N–H and O–H groups in total. The number of hydrogen-bond donors (Lipinski definition) is 1. The predicted molar refractivity (Wildman–Crippen MR) is 84.5 cm³/mol. The summed E-state index contributed by atoms with van der Waals surface area (Å²) >= 11 is 8.46. The van der Waals surface area contributed by atoms with Crippen LogP contribution in [0.25, 0.3) is 0 Å². The molecule has 0 aliphatic heterocycles. The molecule has 1 heterocycles. The summed E-state index contributed by atoms with van der Waals surface area (Å²) in [4.78, 5) is 25.6. The summed E-state index contributed by atoms with van der Waals surface area (Å²) < 4.78 is 0.695. The smallest absolute Gasteiger partial charge is 0.316 e. The summed E-state index contributed by atoms with van der Waals surface area (Å²) in [6.07, 6.45) is 0. The summed E-state index contributed by atoms with van der Waals surface area (Å²) in [6, 6.07) is 3.69. The van der Waals surface area contributed by atoms with E-state index in [0.717, 1.165) is 4.88 Å². The lowest BCUT2D eigenvalue weighted by Gasteiger charge is -2.19. The van der Waals surface area contributed by atoms with E-state index in [2.05, 4.69) is 0 Å². The van der Waals surface area contributed by atoms with Crippen molar-refractivity contribution >= 4 is 46.6 Å². The van der Waals surface area contributed by atoms with Crippen LogP contribution >= 0.6 is 34.7 Å². The highest BCUT2D eigenvalue weighted by atomic mass is 35.5. The van der Waals surface area contributed by atoms with Gasteiger partial charge in [0, 0.05) is 11.9 Å². The molecule has 1 aromatic rings. The number of halogens is 1. The number of thioether (sulfide) groups is 1. The maximum Gasteiger partial charge on any atom is 0.316 e. The number of carboxylic acid groups (broad SMARTS) is 1. The molecule has 1 amide bonds. The van der Waals surface area contributed by atoms with Gasteiger partial charge in [0.2, 0.25) is 5.91 Å². The van der Waals surface area contributed by atoms with Crippen LogP contribution in [0.5, 0.6) is 0 Å². The number of hydrogen-bond acceptors (Lipinski definition) is 4. The molecule has 20 heavy (non-hydrogen) atoms. The van der Waals surface area contributed by atoms with Crippen molar-refractivity contribution in [2.45, 2.75) is 25.6 Å². The molecule has 0 bridgehead atoms. The summed E-state index contributed by atoms with van der Waals surface area (Å²) in [7, 11) is 1.71. The van der Waals surface area contributed by atoms with E-state index in [9.17, 15) is 9.59 Å². The Morgan fingerprint density at radius 2 is 2.10 bits per heavy atom. The molecule has 0 aromatic carbocycles. The molecule has 0 aliphatic carbocycles. The quantitative estimate of drug-likeness (QED) is 0.831. The number of carbonyl (C=O) groups is 2. The molecule has 1 aromatic heterocycles. The minimum Gasteiger partial charge on any atom is -0.480 e. The van der Waals surface area contributed by atoms with Crippen LogP contribution in [0, 0.1) is 5.92 Å². The average Bonchev–Trinajstić information content (AvgIpc) is 2.73. The van der Waals surface area contributed by atoms with Crippen molar-refractivity contribution in [3.63, 3.8) is 0 Å². The molecule has 0 aliphatic rings. The Labute approximate surface area is 132 Å². The maximum atomic E-state index is 12.0. The third kappa shape index (κ3) is 5.34. The van der Waals surface area contributed by atoms with Crippen molar-refractivity contribution in [1.29, 1.82) is 0 Å². The van der Waals surface area contributed by atoms with E-state index in [1.165, 1.54) is 23.1 Å². The first-order chi connectivity index (χ1) is 9.31. The number of nitrogens with zero attached hydrogens (tertiary/aromatic N) is 1. The fraction of sp³-hybridized carbons (Fsp3) is 0.538. The third-order valence-electron chi connectivity index (χ3n) is 2.68. The lowest BCUT2D eigenvalue weighted by Crippen LogP contribution is -2.30. The third-order valence-corrected chi connectivity index (χ3v) is 5.42. The molecule has 0 saturated carbocycles. The molecule has 4 nitrogen and oxygen atoms in total. The van der Waals surface area contributed by atoms with E-state index in [-0.39, 0.29) is 17.6 Å². The van der Waals surface area contributed by atoms with Gasteiger partial charge in [-0.25, -0.2) is 0 Å². The molecule has 0 saturated heterocycles. The minimum absolute atomic E-state index is 0.00768. The molecular formula is C13H18ClNO3S2. The van der Waals surface area contributed by atoms with Gasteiger partial charge in [-0.05, 0) is 18.1 Å². The van der Waals surface area contributed by atoms with Crippen molar-refractivity contribution in [3.05, 3.63) is 21.3 Å². The van der Waals surface area contributed by atoms with Gasteiger partial charge in [-0.3, -0.25) is 9.59 Å². The number of carboxylic acids is 1. The Balaban J connectivity index is 2.47. The van der Waals surface area contributed by atoms with Crippen molar-refractivity contribution in [1.82, 2.24) is 4.90 Å². The van der Waals surface area contributed by atoms with Crippen LogP contribution < -0.4 is 0 Å². The first-order valence-corrected chi connectivity index (χ1v) is 8.38. The number of aliphatic carboxylic acids is 1. The minimum atomic E-state index is -0.870. The van der Waals surface area contributed by atoms with Gasteiger partial charge in [-0.2, -0.15) is 0 Å². The number of thiophene rings is 1. The topological polar surface area (TPSA) is 57.6 Å². The van der Waals surface area contributed by atoms with E-state index in [4.69, 9.17) is 16.7 Å². The van der Waals surface area contributed by atoms with Crippen molar-refractivity contribution < 1.29 is 14.7 Å². The largest absolute Gasteiger partial charge is 0.480 e. The van der Waals surface area contributed by atoms with Crippen LogP contribution in [0.4, 0.5) is 0 Å². The summed E-state index contributed by atoms with van der Waals surface area (Å²) in [5.41, 5.74) is 0. The van der Waals surface area contributed by atoms with Crippen LogP contribution in [0.1, 0.15) is 18.7 Å². The van der Waals surface area contributed by atoms with Crippen LogP contribution in [0.3, 0.4) is 0 Å². The van der Waals surface area contributed by atoms with Gasteiger partial charge in [0.1, 0.15) is 5.25 Å². The fourth-order valence-electron chi connectivity index (χ4n) is 1.58. The molecule has 0 radical (unpaired) electrons. The number of rotatable bonds is 7. The lowest BCUT2D eigenvalue weighted by molar-refractivity contribution is -0.137. The van der Waals surface area contributed by atoms with Crippen LogP contribution in [0.15, 0.2) is 12.1 Å². The Kier molecular flexibility index (Phi) is 6.85. The van der Waals surface area contributed by atoms with Crippen LogP contribution in [-0.2, 0) is 16.1 Å². The van der Waals surface area contributed by atoms with Gasteiger partial charge in [0.05, 0.1) is 16.6 Å². The summed E-state index contributed by atoms with van der Waals surface area (Å²) in [6.45, 7) is 4.18. The monoisotopic (exact) mass is 335 g/mol. The zero-order valence-electron chi connectivity index (χ0n) is 11.6. The van der Waals surface area contributed by atoms with Crippen molar-refractivity contribution in [3.8, 4) is 0 Å². The molecule has 0 spiro atoms. The lowest BCUT2D eigenvalue weighted by atomic mass is 10.1. The highest BCUT2D eigenvalue weighted by Crippen LogP contribution is 2.23. The van der Waals surface area contributed by atoms with Gasteiger partial charge in [-0.15, -0.1) is 23.1 Å². The van der Waals surface area contributed by atoms with Crippen LogP contribution in [-0.4, -0.2) is 39.9 Å². The van der Waals surface area contributed by atoms with Crippen molar-refractivity contribution in [2.75, 3.05) is 12.8 Å². The van der Waals surface area contributed by atoms with Gasteiger partial charge in [0.15, 0.2) is 0 Å². The number of amides is 1. The van der Waals surface area contributed by atoms with E-state index < -0.39 is 11.2 Å². The Bertz CT molecular complexity index is 476. The highest BCUT2D eigenvalue weighted by Gasteiger charge is 2.23. The number of carbonyl (C=O) groups excluding carboxylic acids is 1. The molecule has 1 atom stereocenters. The second kappa shape index (κ2) is 7.90. The Morgan fingerprint density at radius 1 is 1.45 bits per heavy atom. The van der Waals surface area contributed by atoms with Gasteiger partial charge in [0.25, 0.3) is 0 Å². The molecular weight excluding hydrogens is 318 g/mol. The van der Waals surface area contributed by atoms with E-state index in [1.54, 1.807) is 18.0 Å². The van der Waals surface area contributed by atoms with E-state index in [0.29, 0.717) is 10.9 Å². The predicted octanol–water partition coefficient (Wildman–Crippen LogP) is 3.20. The molecule has 1 unspecified atom stereocenters. The van der Waals surface area contributed by atoms with E-state index >= 15 is 0 Å². The van der Waals surface area contributed by atoms with Crippen LogP contribution in [0.2, 0.25) is 4.34 Å². The second-order valence-corrected chi connectivity index (χ2v) is 7.70. The standard InChI is InChI=1S/C13H18ClNO3S2/c1-8(2)12(13(17)18)19-7-11(16)15(3)6-9-4-5-10(14)20-9/h4-5,8,12H,6-7H2,1-3H3,(H,17,18). The zero-order valence-corrected chi connectivity index (χ0v) is 14.0. The Hall–Kier alpha value is -0.720. The first kappa shape index (κ1) is 17.3. The normalized spacial score (nSPS) is 12.4. The molecule has 112 valence electrons. The second-order valence-electron chi connectivity index (χ2n) is 4.77. The van der Waals surface area contributed by atoms with Gasteiger partial charge in [-0.1, -0.05) is 25.4 Å². The fourth-order valence-corrected chi connectivity index (χ4v) is 3.79. The van der Waals surface area contributed by atoms with Gasteiger partial charge >= 0.3 is 5.97 Å². The van der Waals surface area contributed by atoms with E-state index in [1.807, 2.05) is 19.9 Å². The first-order valence-electron chi connectivity index (χ1n) is 6.14. The zero-order chi connectivity index (χ0) is 15.3. The summed E-state index contributed by atoms with van der Waals surface area (Å²) in [5, 5.41) is 8.52. The van der Waals surface area contributed by atoms with Crippen molar-refractivity contribution in [2.24, 2.45) is 5.92 Å². The molecule has 7 heteroatoms. The Morgan fingerprint density at radius 3 is 2.55 bits per heavy atom. The molecule has 1 rings (SSSR count). The summed E-state index contributed by atoms with van der Waals surface area (Å²) in [5.74, 6) is -0.784. The van der Waals surface area contributed by atoms with Gasteiger partial charge < -0.3 is 10.0 Å². The highest BCUT2D eigenvalue weighted by molar-refractivity contribution is 8.01. The average molecular weight is 336 g/mol. The SMILES string of the molecule is CC(C)C(SCC(=O)N(C)Cc1ccc(Cl)s1)C(=O)O. The maximum absolute atomic E-state index is 12.0.